The lowest BCUT2D eigenvalue weighted by Crippen LogP contribution is -2.47. The van der Waals surface area contributed by atoms with E-state index in [0.29, 0.717) is 6.54 Å². The van der Waals surface area contributed by atoms with Gasteiger partial charge in [0.25, 0.3) is 0 Å². The van der Waals surface area contributed by atoms with Crippen molar-refractivity contribution in [2.24, 2.45) is 4.99 Å². The van der Waals surface area contributed by atoms with Gasteiger partial charge in [-0.1, -0.05) is 30.3 Å². The number of halogens is 1. The Morgan fingerprint density at radius 2 is 1.96 bits per heavy atom. The van der Waals surface area contributed by atoms with Crippen molar-refractivity contribution in [1.29, 1.82) is 0 Å². The molecule has 142 valence electrons. The van der Waals surface area contributed by atoms with Crippen molar-refractivity contribution in [1.82, 2.24) is 15.6 Å². The van der Waals surface area contributed by atoms with Crippen LogP contribution in [0.4, 0.5) is 0 Å². The van der Waals surface area contributed by atoms with E-state index in [4.69, 9.17) is 4.74 Å². The first-order valence-corrected chi connectivity index (χ1v) is 9.53. The van der Waals surface area contributed by atoms with E-state index in [1.54, 1.807) is 11.3 Å². The second-order valence-corrected chi connectivity index (χ2v) is 7.72. The average Bonchev–Trinajstić information content (AvgIpc) is 3.08. The number of benzene rings is 1. The number of aliphatic imine (C=N–C) groups is 1. The number of ether oxygens (including phenoxy) is 1. The van der Waals surface area contributed by atoms with Gasteiger partial charge in [-0.3, -0.25) is 4.99 Å². The van der Waals surface area contributed by atoms with Gasteiger partial charge in [-0.15, -0.1) is 35.3 Å². The SMILES string of the molecule is CN=C(NCc1ncc(C)s1)NCC1(c2ccccc2)CCOCC1.I. The Labute approximate surface area is 176 Å². The topological polar surface area (TPSA) is 58.5 Å². The van der Waals surface area contributed by atoms with Gasteiger partial charge in [-0.2, -0.15) is 0 Å². The Balaban J connectivity index is 0.00000243. The van der Waals surface area contributed by atoms with E-state index in [1.165, 1.54) is 10.4 Å². The minimum Gasteiger partial charge on any atom is -0.381 e. The molecule has 2 aromatic rings. The maximum absolute atomic E-state index is 5.61. The molecule has 1 saturated heterocycles. The van der Waals surface area contributed by atoms with E-state index < -0.39 is 0 Å². The molecular formula is C19H27IN4OS. The summed E-state index contributed by atoms with van der Waals surface area (Å²) in [5.41, 5.74) is 1.46. The molecule has 0 spiro atoms. The molecule has 0 unspecified atom stereocenters. The van der Waals surface area contributed by atoms with Crippen LogP contribution < -0.4 is 10.6 Å². The fourth-order valence-corrected chi connectivity index (χ4v) is 3.96. The predicted molar refractivity (Wildman–Crippen MR) is 119 cm³/mol. The van der Waals surface area contributed by atoms with Crippen LogP contribution in [0.5, 0.6) is 0 Å². The van der Waals surface area contributed by atoms with Gasteiger partial charge in [-0.05, 0) is 25.3 Å². The number of nitrogens with one attached hydrogen (secondary N) is 2. The third-order valence-corrected chi connectivity index (χ3v) is 5.64. The van der Waals surface area contributed by atoms with E-state index in [1.807, 2.05) is 13.2 Å². The smallest absolute Gasteiger partial charge is 0.191 e. The van der Waals surface area contributed by atoms with Gasteiger partial charge in [0.15, 0.2) is 5.96 Å². The minimum atomic E-state index is 0. The van der Waals surface area contributed by atoms with Gasteiger partial charge in [0, 0.05) is 43.3 Å². The summed E-state index contributed by atoms with van der Waals surface area (Å²) in [6, 6.07) is 10.7. The highest BCUT2D eigenvalue weighted by molar-refractivity contribution is 14.0. The van der Waals surface area contributed by atoms with Crippen molar-refractivity contribution in [2.75, 3.05) is 26.8 Å². The highest BCUT2D eigenvalue weighted by atomic mass is 127. The van der Waals surface area contributed by atoms with Crippen LogP contribution in [0.25, 0.3) is 0 Å². The molecule has 2 heterocycles. The summed E-state index contributed by atoms with van der Waals surface area (Å²) in [5, 5.41) is 7.95. The third kappa shape index (κ3) is 5.40. The third-order valence-electron chi connectivity index (χ3n) is 4.73. The first kappa shape index (κ1) is 21.1. The zero-order valence-electron chi connectivity index (χ0n) is 15.3. The monoisotopic (exact) mass is 486 g/mol. The summed E-state index contributed by atoms with van der Waals surface area (Å²) in [7, 11) is 1.81. The standard InChI is InChI=1S/C19H26N4OS.HI/c1-15-12-21-17(25-15)13-22-18(20-2)23-14-19(8-10-24-11-9-19)16-6-4-3-5-7-16;/h3-7,12H,8-11,13-14H2,1-2H3,(H2,20,22,23);1H. The molecule has 0 saturated carbocycles. The molecule has 0 bridgehead atoms. The second-order valence-electron chi connectivity index (χ2n) is 6.40. The molecule has 2 N–H and O–H groups in total. The summed E-state index contributed by atoms with van der Waals surface area (Å²) in [4.78, 5) is 9.98. The quantitative estimate of drug-likeness (QED) is 0.386. The highest BCUT2D eigenvalue weighted by Crippen LogP contribution is 2.34. The van der Waals surface area contributed by atoms with E-state index in [0.717, 1.165) is 43.6 Å². The number of nitrogens with zero attached hydrogens (tertiary/aromatic N) is 2. The van der Waals surface area contributed by atoms with Crippen molar-refractivity contribution in [3.63, 3.8) is 0 Å². The maximum Gasteiger partial charge on any atom is 0.191 e. The summed E-state index contributed by atoms with van der Waals surface area (Å²) in [6.45, 7) is 5.22. The zero-order valence-corrected chi connectivity index (χ0v) is 18.5. The van der Waals surface area contributed by atoms with Gasteiger partial charge in [0.05, 0.1) is 6.54 Å². The number of hydrogen-bond acceptors (Lipinski definition) is 4. The van der Waals surface area contributed by atoms with Crippen LogP contribution in [0.1, 0.15) is 28.3 Å². The molecule has 7 heteroatoms. The Morgan fingerprint density at radius 1 is 1.23 bits per heavy atom. The van der Waals surface area contributed by atoms with Crippen LogP contribution in [0.15, 0.2) is 41.5 Å². The summed E-state index contributed by atoms with van der Waals surface area (Å²) < 4.78 is 5.61. The van der Waals surface area contributed by atoms with Gasteiger partial charge in [-0.25, -0.2) is 4.98 Å². The molecule has 1 aromatic carbocycles. The van der Waals surface area contributed by atoms with Crippen LogP contribution in [-0.4, -0.2) is 37.7 Å². The number of aromatic nitrogens is 1. The first-order valence-electron chi connectivity index (χ1n) is 8.71. The maximum atomic E-state index is 5.61. The largest absolute Gasteiger partial charge is 0.381 e. The molecule has 1 aromatic heterocycles. The van der Waals surface area contributed by atoms with Crippen LogP contribution in [0.2, 0.25) is 0 Å². The molecule has 1 fully saturated rings. The van der Waals surface area contributed by atoms with Crippen molar-refractivity contribution in [3.8, 4) is 0 Å². The molecule has 1 aliphatic rings. The Hall–Kier alpha value is -1.19. The lowest BCUT2D eigenvalue weighted by atomic mass is 9.74. The van der Waals surface area contributed by atoms with Crippen LogP contribution in [-0.2, 0) is 16.7 Å². The van der Waals surface area contributed by atoms with Crippen molar-refractivity contribution in [3.05, 3.63) is 52.0 Å². The Kier molecular flexibility index (Phi) is 8.30. The summed E-state index contributed by atoms with van der Waals surface area (Å²) >= 11 is 1.71. The van der Waals surface area contributed by atoms with E-state index in [2.05, 4.69) is 57.9 Å². The van der Waals surface area contributed by atoms with E-state index in [-0.39, 0.29) is 29.4 Å². The van der Waals surface area contributed by atoms with Crippen LogP contribution >= 0.6 is 35.3 Å². The Morgan fingerprint density at radius 3 is 2.58 bits per heavy atom. The Bertz CT molecular complexity index is 699. The summed E-state index contributed by atoms with van der Waals surface area (Å²) in [6.07, 6.45) is 3.95. The van der Waals surface area contributed by atoms with Gasteiger partial charge >= 0.3 is 0 Å². The van der Waals surface area contributed by atoms with Crippen molar-refractivity contribution in [2.45, 2.75) is 31.7 Å². The first-order chi connectivity index (χ1) is 12.2. The van der Waals surface area contributed by atoms with E-state index in [9.17, 15) is 0 Å². The summed E-state index contributed by atoms with van der Waals surface area (Å²) in [5.74, 6) is 0.814. The zero-order chi connectivity index (χ0) is 17.5. The van der Waals surface area contributed by atoms with Crippen molar-refractivity contribution >= 4 is 41.3 Å². The number of aryl methyl sites for hydroxylation is 1. The molecule has 0 amide bonds. The molecule has 1 aliphatic heterocycles. The molecule has 3 rings (SSSR count). The van der Waals surface area contributed by atoms with Gasteiger partial charge < -0.3 is 15.4 Å². The lowest BCUT2D eigenvalue weighted by molar-refractivity contribution is 0.0514. The fraction of sp³-hybridized carbons (Fsp3) is 0.474. The molecule has 0 atom stereocenters. The number of rotatable bonds is 5. The lowest BCUT2D eigenvalue weighted by Gasteiger charge is -2.38. The predicted octanol–water partition coefficient (Wildman–Crippen LogP) is 3.48. The van der Waals surface area contributed by atoms with Gasteiger partial charge in [0.1, 0.15) is 5.01 Å². The van der Waals surface area contributed by atoms with Crippen molar-refractivity contribution < 1.29 is 4.74 Å². The molecular weight excluding hydrogens is 459 g/mol. The minimum absolute atomic E-state index is 0. The van der Waals surface area contributed by atoms with E-state index >= 15 is 0 Å². The molecule has 0 aliphatic carbocycles. The second kappa shape index (κ2) is 10.2. The fourth-order valence-electron chi connectivity index (χ4n) is 3.24. The molecule has 26 heavy (non-hydrogen) atoms. The van der Waals surface area contributed by atoms with Gasteiger partial charge in [0.2, 0.25) is 0 Å². The molecule has 0 radical (unpaired) electrons. The molecule has 5 nitrogen and oxygen atoms in total. The number of thiazole rings is 1. The number of hydrogen-bond donors (Lipinski definition) is 2. The highest BCUT2D eigenvalue weighted by Gasteiger charge is 2.34. The van der Waals surface area contributed by atoms with Crippen LogP contribution in [0.3, 0.4) is 0 Å². The normalized spacial score (nSPS) is 16.6. The van der Waals surface area contributed by atoms with Crippen LogP contribution in [0, 0.1) is 6.92 Å². The average molecular weight is 486 g/mol. The number of guanidine groups is 1.